The van der Waals surface area contributed by atoms with Gasteiger partial charge in [-0.1, -0.05) is 36.4 Å². The Balaban J connectivity index is 0.000000136. The maximum Gasteiger partial charge on any atom is 0.248 e. The molecule has 0 fully saturated rings. The first-order valence-corrected chi connectivity index (χ1v) is 7.54. The van der Waals surface area contributed by atoms with Gasteiger partial charge >= 0.3 is 0 Å². The van der Waals surface area contributed by atoms with Gasteiger partial charge in [0.1, 0.15) is 0 Å². The summed E-state index contributed by atoms with van der Waals surface area (Å²) in [6.07, 6.45) is 0. The predicted molar refractivity (Wildman–Crippen MR) is 95.8 cm³/mol. The molecule has 4 rings (SSSR count). The number of fused-ring (bicyclic) bond motifs is 2. The molecule has 114 valence electrons. The zero-order chi connectivity index (χ0) is 16.2. The van der Waals surface area contributed by atoms with E-state index in [2.05, 4.69) is 29.0 Å². The predicted octanol–water partition coefficient (Wildman–Crippen LogP) is 4.38. The van der Waals surface area contributed by atoms with Crippen LogP contribution in [0.2, 0.25) is 0 Å². The zero-order valence-electron chi connectivity index (χ0n) is 13.2. The second-order valence-corrected chi connectivity index (χ2v) is 5.49. The van der Waals surface area contributed by atoms with E-state index in [9.17, 15) is 4.79 Å². The number of H-pyrrole nitrogens is 1. The van der Waals surface area contributed by atoms with Crippen molar-refractivity contribution < 1.29 is 0 Å². The second kappa shape index (κ2) is 6.44. The lowest BCUT2D eigenvalue weighted by Crippen LogP contribution is -2.01. The third-order valence-corrected chi connectivity index (χ3v) is 3.80. The topological polar surface area (TPSA) is 45.8 Å². The molecule has 0 bridgehead atoms. The van der Waals surface area contributed by atoms with Gasteiger partial charge in [-0.15, -0.1) is 0 Å². The van der Waals surface area contributed by atoms with Crippen LogP contribution in [-0.2, 0) is 0 Å². The van der Waals surface area contributed by atoms with Crippen molar-refractivity contribution >= 4 is 21.8 Å². The molecule has 1 N–H and O–H groups in total. The molecule has 0 atom stereocenters. The molecule has 0 radical (unpaired) electrons. The Morgan fingerprint density at radius 1 is 0.826 bits per heavy atom. The monoisotopic (exact) mass is 302 g/mol. The maximum absolute atomic E-state index is 10.8. The summed E-state index contributed by atoms with van der Waals surface area (Å²) in [4.78, 5) is 18.0. The van der Waals surface area contributed by atoms with Crippen molar-refractivity contribution in [3.05, 3.63) is 88.3 Å². The Morgan fingerprint density at radius 3 is 2.35 bits per heavy atom. The number of hydrogen-bond donors (Lipinski definition) is 1. The van der Waals surface area contributed by atoms with Crippen LogP contribution in [0.1, 0.15) is 11.3 Å². The first-order chi connectivity index (χ1) is 11.1. The van der Waals surface area contributed by atoms with Crippen LogP contribution in [0.3, 0.4) is 0 Å². The molecule has 0 saturated carbocycles. The molecule has 0 amide bonds. The molecule has 0 aliphatic heterocycles. The number of para-hydroxylation sites is 2. The summed E-state index contributed by atoms with van der Waals surface area (Å²) in [6, 6.07) is 21.4. The highest BCUT2D eigenvalue weighted by Crippen LogP contribution is 2.14. The minimum Gasteiger partial charge on any atom is -0.322 e. The van der Waals surface area contributed by atoms with Crippen LogP contribution >= 0.6 is 0 Å². The number of aryl methyl sites for hydroxylation is 2. The molecule has 0 aliphatic carbocycles. The van der Waals surface area contributed by atoms with Gasteiger partial charge < -0.3 is 4.98 Å². The first kappa shape index (κ1) is 15.0. The van der Waals surface area contributed by atoms with Gasteiger partial charge in [0.25, 0.3) is 0 Å². The fraction of sp³-hybridized carbons (Fsp3) is 0.100. The van der Waals surface area contributed by atoms with E-state index < -0.39 is 0 Å². The summed E-state index contributed by atoms with van der Waals surface area (Å²) in [6.45, 7) is 4.14. The summed E-state index contributed by atoms with van der Waals surface area (Å²) in [5.74, 6) is 0. The highest BCUT2D eigenvalue weighted by atomic mass is 16.1. The van der Waals surface area contributed by atoms with Gasteiger partial charge in [0, 0.05) is 22.7 Å². The fourth-order valence-electron chi connectivity index (χ4n) is 2.41. The van der Waals surface area contributed by atoms with Crippen LogP contribution in [0.5, 0.6) is 0 Å². The minimum absolute atomic E-state index is 0.0521. The van der Waals surface area contributed by atoms with Gasteiger partial charge in [0.15, 0.2) is 0 Å². The van der Waals surface area contributed by atoms with Crippen LogP contribution in [0.15, 0.2) is 71.5 Å². The van der Waals surface area contributed by atoms with E-state index in [0.717, 1.165) is 22.1 Å². The smallest absolute Gasteiger partial charge is 0.248 e. The second-order valence-electron chi connectivity index (χ2n) is 5.49. The number of aromatic amines is 1. The number of aromatic nitrogens is 2. The molecular formula is C20H18N2O. The molecule has 0 aliphatic rings. The van der Waals surface area contributed by atoms with Crippen LogP contribution in [0.25, 0.3) is 21.8 Å². The molecule has 2 heterocycles. The number of nitrogens with one attached hydrogen (secondary N) is 1. The third kappa shape index (κ3) is 3.46. The van der Waals surface area contributed by atoms with Gasteiger partial charge in [-0.3, -0.25) is 9.78 Å². The van der Waals surface area contributed by atoms with Crippen molar-refractivity contribution in [2.45, 2.75) is 13.8 Å². The molecule has 2 aromatic carbocycles. The fourth-order valence-corrected chi connectivity index (χ4v) is 2.41. The van der Waals surface area contributed by atoms with Crippen LogP contribution in [0, 0.1) is 13.8 Å². The van der Waals surface area contributed by atoms with Crippen molar-refractivity contribution in [2.75, 3.05) is 0 Å². The van der Waals surface area contributed by atoms with Gasteiger partial charge in [-0.05, 0) is 49.1 Å². The molecule has 2 aromatic heterocycles. The largest absolute Gasteiger partial charge is 0.322 e. The molecule has 4 aromatic rings. The number of hydrogen-bond acceptors (Lipinski definition) is 2. The number of benzene rings is 2. The molecule has 3 heteroatoms. The van der Waals surface area contributed by atoms with Gasteiger partial charge in [0.2, 0.25) is 5.56 Å². The van der Waals surface area contributed by atoms with E-state index in [1.807, 2.05) is 55.5 Å². The lowest BCUT2D eigenvalue weighted by atomic mass is 10.1. The van der Waals surface area contributed by atoms with Crippen molar-refractivity contribution in [1.29, 1.82) is 0 Å². The third-order valence-electron chi connectivity index (χ3n) is 3.80. The van der Waals surface area contributed by atoms with E-state index in [1.165, 1.54) is 17.0 Å². The molecule has 0 spiro atoms. The van der Waals surface area contributed by atoms with Gasteiger partial charge in [0.05, 0.1) is 5.52 Å². The number of nitrogens with zero attached hydrogens (tertiary/aromatic N) is 1. The summed E-state index contributed by atoms with van der Waals surface area (Å²) in [5.41, 5.74) is 4.30. The van der Waals surface area contributed by atoms with E-state index in [1.54, 1.807) is 0 Å². The van der Waals surface area contributed by atoms with E-state index in [4.69, 9.17) is 0 Å². The quantitative estimate of drug-likeness (QED) is 0.524. The number of pyridine rings is 2. The summed E-state index contributed by atoms with van der Waals surface area (Å²) in [7, 11) is 0. The Bertz CT molecular complexity index is 978. The summed E-state index contributed by atoms with van der Waals surface area (Å²) >= 11 is 0. The maximum atomic E-state index is 10.8. The average molecular weight is 302 g/mol. The highest BCUT2D eigenvalue weighted by Gasteiger charge is 1.96. The van der Waals surface area contributed by atoms with Crippen molar-refractivity contribution in [1.82, 2.24) is 9.97 Å². The molecule has 0 saturated heterocycles. The highest BCUT2D eigenvalue weighted by molar-refractivity contribution is 5.79. The van der Waals surface area contributed by atoms with Gasteiger partial charge in [-0.2, -0.15) is 0 Å². The van der Waals surface area contributed by atoms with E-state index in [-0.39, 0.29) is 5.56 Å². The van der Waals surface area contributed by atoms with Crippen LogP contribution in [0.4, 0.5) is 0 Å². The molecule has 3 nitrogen and oxygen atoms in total. The normalized spacial score (nSPS) is 10.3. The lowest BCUT2D eigenvalue weighted by Gasteiger charge is -2.01. The Morgan fingerprint density at radius 2 is 1.52 bits per heavy atom. The average Bonchev–Trinajstić information content (AvgIpc) is 2.56. The molecule has 0 unspecified atom stereocenters. The zero-order valence-corrected chi connectivity index (χ0v) is 13.2. The number of rotatable bonds is 0. The molecule has 23 heavy (non-hydrogen) atoms. The first-order valence-electron chi connectivity index (χ1n) is 7.54. The van der Waals surface area contributed by atoms with Crippen molar-refractivity contribution in [3.63, 3.8) is 0 Å². The Kier molecular flexibility index (Phi) is 4.20. The van der Waals surface area contributed by atoms with Crippen LogP contribution in [-0.4, -0.2) is 9.97 Å². The van der Waals surface area contributed by atoms with E-state index >= 15 is 0 Å². The van der Waals surface area contributed by atoms with Gasteiger partial charge in [-0.25, -0.2) is 0 Å². The summed E-state index contributed by atoms with van der Waals surface area (Å²) in [5, 5.41) is 2.28. The Hall–Kier alpha value is -2.94. The van der Waals surface area contributed by atoms with Crippen molar-refractivity contribution in [3.8, 4) is 0 Å². The Labute approximate surface area is 134 Å². The lowest BCUT2D eigenvalue weighted by molar-refractivity contribution is 1.20. The standard InChI is InChI=1S/C11H11N.C9H7NO/c1-8-7-10-5-3-4-6-11(10)12-9(8)2;11-9-6-5-7-3-1-2-4-8(7)10-9/h3-7H,1-2H3;1-6H,(H,10,11). The van der Waals surface area contributed by atoms with E-state index in [0.29, 0.717) is 0 Å². The van der Waals surface area contributed by atoms with Crippen LogP contribution < -0.4 is 5.56 Å². The summed E-state index contributed by atoms with van der Waals surface area (Å²) < 4.78 is 0. The SMILES string of the molecule is Cc1cc2ccccc2nc1C.O=c1ccc2ccccc2[nH]1. The minimum atomic E-state index is -0.0521. The van der Waals surface area contributed by atoms with Crippen molar-refractivity contribution in [2.24, 2.45) is 0 Å². The molecular weight excluding hydrogens is 284 g/mol.